The summed E-state index contributed by atoms with van der Waals surface area (Å²) in [6.07, 6.45) is 1.62. The van der Waals surface area contributed by atoms with E-state index >= 15 is 0 Å². The molecule has 0 bridgehead atoms. The number of aryl methyl sites for hydroxylation is 1. The molecule has 0 unspecified atom stereocenters. The van der Waals surface area contributed by atoms with Gasteiger partial charge < -0.3 is 9.67 Å². The summed E-state index contributed by atoms with van der Waals surface area (Å²) in [7, 11) is 1.98. The Morgan fingerprint density at radius 3 is 2.50 bits per heavy atom. The van der Waals surface area contributed by atoms with Crippen molar-refractivity contribution in [2.45, 2.75) is 19.8 Å². The number of imidazole rings is 1. The fraction of sp³-hybridized carbons (Fsp3) is 0.357. The molecule has 0 spiro atoms. The van der Waals surface area contributed by atoms with E-state index in [1.165, 1.54) is 5.56 Å². The minimum absolute atomic E-state index is 0.117. The lowest BCUT2D eigenvalue weighted by Crippen LogP contribution is -2.02. The van der Waals surface area contributed by atoms with Crippen molar-refractivity contribution in [1.82, 2.24) is 9.55 Å². The van der Waals surface area contributed by atoms with Gasteiger partial charge in [0.05, 0.1) is 12.3 Å². The van der Waals surface area contributed by atoms with E-state index in [-0.39, 0.29) is 6.61 Å². The number of halogens is 1. The average Bonchev–Trinajstić information content (AvgIpc) is 2.65. The Bertz CT molecular complexity index is 531. The van der Waals surface area contributed by atoms with Crippen LogP contribution in [0.25, 0.3) is 11.3 Å². The predicted octanol–water partition coefficient (Wildman–Crippen LogP) is 2.95. The van der Waals surface area contributed by atoms with Crippen LogP contribution in [-0.2, 0) is 19.9 Å². The van der Waals surface area contributed by atoms with Crippen LogP contribution in [0.4, 0.5) is 0 Å². The molecule has 1 N–H and O–H groups in total. The molecule has 0 atom stereocenters. The molecule has 0 fully saturated rings. The number of rotatable bonds is 4. The van der Waals surface area contributed by atoms with Gasteiger partial charge in [-0.2, -0.15) is 0 Å². The lowest BCUT2D eigenvalue weighted by atomic mass is 10.1. The zero-order valence-corrected chi connectivity index (χ0v) is 12.2. The normalized spacial score (nSPS) is 10.9. The van der Waals surface area contributed by atoms with Gasteiger partial charge in [0, 0.05) is 19.0 Å². The topological polar surface area (TPSA) is 38.1 Å². The van der Waals surface area contributed by atoms with Crippen LogP contribution in [0, 0.1) is 0 Å². The molecule has 0 radical (unpaired) electrons. The lowest BCUT2D eigenvalue weighted by molar-refractivity contribution is 0.295. The fourth-order valence-electron chi connectivity index (χ4n) is 2.04. The van der Waals surface area contributed by atoms with Crippen molar-refractivity contribution in [3.8, 4) is 11.3 Å². The highest BCUT2D eigenvalue weighted by Gasteiger charge is 2.13. The summed E-state index contributed by atoms with van der Waals surface area (Å²) in [4.78, 5) is 4.44. The summed E-state index contributed by atoms with van der Waals surface area (Å²) < 4.78 is 2.86. The molecule has 2 aromatic rings. The second-order valence-corrected chi connectivity index (χ2v) is 5.00. The molecule has 0 amide bonds. The molecule has 96 valence electrons. The molecular weight excluding hydrogens is 292 g/mol. The Hall–Kier alpha value is -1.13. The van der Waals surface area contributed by atoms with E-state index in [9.17, 15) is 0 Å². The maximum Gasteiger partial charge on any atom is 0.132 e. The van der Waals surface area contributed by atoms with Gasteiger partial charge in [-0.05, 0) is 27.9 Å². The van der Waals surface area contributed by atoms with Crippen molar-refractivity contribution in [2.24, 2.45) is 7.05 Å². The molecule has 1 aromatic carbocycles. The zero-order chi connectivity index (χ0) is 13.1. The van der Waals surface area contributed by atoms with Gasteiger partial charge in [0.1, 0.15) is 10.4 Å². The molecule has 0 aliphatic heterocycles. The van der Waals surface area contributed by atoms with Crippen LogP contribution in [0.15, 0.2) is 28.9 Å². The Balaban J connectivity index is 2.43. The van der Waals surface area contributed by atoms with Gasteiger partial charge in [-0.15, -0.1) is 0 Å². The molecule has 1 heterocycles. The van der Waals surface area contributed by atoms with Crippen LogP contribution in [0.2, 0.25) is 0 Å². The molecule has 1 aromatic heterocycles. The van der Waals surface area contributed by atoms with Crippen LogP contribution in [0.5, 0.6) is 0 Å². The van der Waals surface area contributed by atoms with E-state index < -0.39 is 0 Å². The highest BCUT2D eigenvalue weighted by molar-refractivity contribution is 9.10. The first-order valence-corrected chi connectivity index (χ1v) is 6.88. The second kappa shape index (κ2) is 5.67. The van der Waals surface area contributed by atoms with Crippen LogP contribution in [0.1, 0.15) is 18.3 Å². The third-order valence-corrected chi connectivity index (χ3v) is 3.67. The number of hydrogen-bond donors (Lipinski definition) is 1. The smallest absolute Gasteiger partial charge is 0.132 e. The third-order valence-electron chi connectivity index (χ3n) is 3.12. The van der Waals surface area contributed by atoms with Gasteiger partial charge in [-0.3, -0.25) is 0 Å². The van der Waals surface area contributed by atoms with Gasteiger partial charge in [-0.1, -0.05) is 31.2 Å². The summed E-state index contributed by atoms with van der Waals surface area (Å²) in [6.45, 7) is 2.26. The quantitative estimate of drug-likeness (QED) is 0.943. The first-order chi connectivity index (χ1) is 8.67. The number of nitrogens with zero attached hydrogens (tertiary/aromatic N) is 2. The number of hydrogen-bond acceptors (Lipinski definition) is 2. The van der Waals surface area contributed by atoms with E-state index in [1.807, 2.05) is 11.6 Å². The van der Waals surface area contributed by atoms with Gasteiger partial charge in [0.25, 0.3) is 0 Å². The van der Waals surface area contributed by atoms with E-state index in [2.05, 4.69) is 52.1 Å². The largest absolute Gasteiger partial charge is 0.396 e. The minimum Gasteiger partial charge on any atom is -0.396 e. The first kappa shape index (κ1) is 13.3. The summed E-state index contributed by atoms with van der Waals surface area (Å²) in [6, 6.07) is 8.51. The van der Waals surface area contributed by atoms with Crippen molar-refractivity contribution >= 4 is 15.9 Å². The van der Waals surface area contributed by atoms with Gasteiger partial charge in [0.2, 0.25) is 0 Å². The second-order valence-electron chi connectivity index (χ2n) is 4.25. The van der Waals surface area contributed by atoms with E-state index in [1.54, 1.807) is 0 Å². The van der Waals surface area contributed by atoms with Crippen LogP contribution < -0.4 is 0 Å². The SMILES string of the molecule is CCc1ccc(-c2c(Br)nc(CCO)n2C)cc1. The van der Waals surface area contributed by atoms with E-state index in [4.69, 9.17) is 5.11 Å². The van der Waals surface area contributed by atoms with Crippen molar-refractivity contribution < 1.29 is 5.11 Å². The Morgan fingerprint density at radius 2 is 1.94 bits per heavy atom. The minimum atomic E-state index is 0.117. The van der Waals surface area contributed by atoms with Crippen molar-refractivity contribution in [3.05, 3.63) is 40.3 Å². The number of aliphatic hydroxyl groups excluding tert-OH is 1. The summed E-state index contributed by atoms with van der Waals surface area (Å²) in [5.41, 5.74) is 3.52. The summed E-state index contributed by atoms with van der Waals surface area (Å²) in [5.74, 6) is 0.888. The van der Waals surface area contributed by atoms with Crippen molar-refractivity contribution in [3.63, 3.8) is 0 Å². The van der Waals surface area contributed by atoms with Crippen molar-refractivity contribution in [1.29, 1.82) is 0 Å². The maximum absolute atomic E-state index is 9.01. The average molecular weight is 309 g/mol. The molecular formula is C14H17BrN2O. The molecule has 0 aliphatic carbocycles. The summed E-state index contributed by atoms with van der Waals surface area (Å²) in [5, 5.41) is 9.01. The third kappa shape index (κ3) is 2.49. The molecule has 4 heteroatoms. The first-order valence-electron chi connectivity index (χ1n) is 6.08. The molecule has 2 rings (SSSR count). The number of aliphatic hydroxyl groups is 1. The molecule has 0 saturated heterocycles. The summed E-state index contributed by atoms with van der Waals surface area (Å²) >= 11 is 3.50. The van der Waals surface area contributed by atoms with Crippen LogP contribution >= 0.6 is 15.9 Å². The van der Waals surface area contributed by atoms with Gasteiger partial charge in [-0.25, -0.2) is 4.98 Å². The Morgan fingerprint density at radius 1 is 1.28 bits per heavy atom. The van der Waals surface area contributed by atoms with Gasteiger partial charge in [0.15, 0.2) is 0 Å². The Kier molecular flexibility index (Phi) is 4.19. The van der Waals surface area contributed by atoms with Crippen LogP contribution in [0.3, 0.4) is 0 Å². The maximum atomic E-state index is 9.01. The molecule has 0 aliphatic rings. The monoisotopic (exact) mass is 308 g/mol. The zero-order valence-electron chi connectivity index (χ0n) is 10.7. The number of aromatic nitrogens is 2. The molecule has 0 saturated carbocycles. The standard InChI is InChI=1S/C14H17BrN2O/c1-3-10-4-6-11(7-5-10)13-14(15)16-12(8-9-18)17(13)2/h4-7,18H,3,8-9H2,1-2H3. The fourth-order valence-corrected chi connectivity index (χ4v) is 2.74. The molecule has 18 heavy (non-hydrogen) atoms. The van der Waals surface area contributed by atoms with E-state index in [0.29, 0.717) is 6.42 Å². The van der Waals surface area contributed by atoms with Gasteiger partial charge >= 0.3 is 0 Å². The lowest BCUT2D eigenvalue weighted by Gasteiger charge is -2.06. The highest BCUT2D eigenvalue weighted by atomic mass is 79.9. The van der Waals surface area contributed by atoms with E-state index in [0.717, 1.165) is 28.1 Å². The predicted molar refractivity (Wildman–Crippen MR) is 76.5 cm³/mol. The molecule has 3 nitrogen and oxygen atoms in total. The highest BCUT2D eigenvalue weighted by Crippen LogP contribution is 2.28. The number of benzene rings is 1. The Labute approximate surface area is 116 Å². The van der Waals surface area contributed by atoms with Crippen LogP contribution in [-0.4, -0.2) is 21.3 Å². The van der Waals surface area contributed by atoms with Crippen molar-refractivity contribution in [2.75, 3.05) is 6.61 Å².